The van der Waals surface area contributed by atoms with Crippen molar-refractivity contribution in [1.82, 2.24) is 10.4 Å². The molecule has 0 saturated carbocycles. The van der Waals surface area contributed by atoms with E-state index in [1.54, 1.807) is 0 Å². The Labute approximate surface area is 105 Å². The van der Waals surface area contributed by atoms with Crippen LogP contribution < -0.4 is 5.32 Å². The quantitative estimate of drug-likeness (QED) is 0.780. The highest BCUT2D eigenvalue weighted by Crippen LogP contribution is 2.42. The Morgan fingerprint density at radius 1 is 1.50 bits per heavy atom. The Hall–Kier alpha value is -0.130. The van der Waals surface area contributed by atoms with Crippen LogP contribution in [0.3, 0.4) is 0 Å². The number of hydroxylamine groups is 2. The molecule has 1 heterocycles. The minimum absolute atomic E-state index is 0.00926. The highest BCUT2D eigenvalue weighted by atomic mass is 79.9. The fraction of sp³-hybridized carbons (Fsp3) is 0.909. The molecule has 94 valence electrons. The van der Waals surface area contributed by atoms with E-state index in [1.165, 1.54) is 5.06 Å². The van der Waals surface area contributed by atoms with Crippen LogP contribution in [0.2, 0.25) is 0 Å². The molecule has 1 fully saturated rings. The number of alkyl halides is 1. The SMILES string of the molecule is CC1(C)C[C@@H](CNC(=O)CBr)C(C)(C)N1O. The predicted molar refractivity (Wildman–Crippen MR) is 66.7 cm³/mol. The molecule has 0 spiro atoms. The Bertz CT molecular complexity index is 279. The Kier molecular flexibility index (Phi) is 4.03. The number of hydrogen-bond donors (Lipinski definition) is 2. The maximum atomic E-state index is 11.2. The van der Waals surface area contributed by atoms with E-state index in [4.69, 9.17) is 0 Å². The molecule has 1 rings (SSSR count). The molecular weight excluding hydrogens is 272 g/mol. The zero-order valence-electron chi connectivity index (χ0n) is 10.4. The van der Waals surface area contributed by atoms with Crippen LogP contribution in [-0.2, 0) is 4.79 Å². The summed E-state index contributed by atoms with van der Waals surface area (Å²) in [6.45, 7) is 8.65. The lowest BCUT2D eigenvalue weighted by molar-refractivity contribution is -0.196. The monoisotopic (exact) mass is 292 g/mol. The highest BCUT2D eigenvalue weighted by Gasteiger charge is 2.50. The number of rotatable bonds is 3. The molecule has 0 aromatic rings. The van der Waals surface area contributed by atoms with Gasteiger partial charge in [-0.05, 0) is 40.0 Å². The Morgan fingerprint density at radius 3 is 2.44 bits per heavy atom. The molecule has 1 aliphatic heterocycles. The van der Waals surface area contributed by atoms with Crippen LogP contribution in [-0.4, -0.2) is 39.1 Å². The van der Waals surface area contributed by atoms with Crippen molar-refractivity contribution in [2.45, 2.75) is 45.2 Å². The summed E-state index contributed by atoms with van der Waals surface area (Å²) in [6, 6.07) is 0. The summed E-state index contributed by atoms with van der Waals surface area (Å²) in [7, 11) is 0. The smallest absolute Gasteiger partial charge is 0.230 e. The summed E-state index contributed by atoms with van der Waals surface area (Å²) in [5, 5.41) is 14.7. The van der Waals surface area contributed by atoms with E-state index in [0.717, 1.165) is 6.42 Å². The van der Waals surface area contributed by atoms with Gasteiger partial charge in [-0.2, -0.15) is 5.06 Å². The van der Waals surface area contributed by atoms with Crippen LogP contribution in [0.4, 0.5) is 0 Å². The van der Waals surface area contributed by atoms with E-state index < -0.39 is 0 Å². The van der Waals surface area contributed by atoms with Crippen molar-refractivity contribution < 1.29 is 10.0 Å². The van der Waals surface area contributed by atoms with E-state index in [1.807, 2.05) is 27.7 Å². The number of amides is 1. The van der Waals surface area contributed by atoms with Crippen molar-refractivity contribution in [2.24, 2.45) is 5.92 Å². The third-order valence-electron chi connectivity index (χ3n) is 3.53. The van der Waals surface area contributed by atoms with Gasteiger partial charge in [0, 0.05) is 17.6 Å². The van der Waals surface area contributed by atoms with Gasteiger partial charge in [0.1, 0.15) is 0 Å². The van der Waals surface area contributed by atoms with Crippen LogP contribution >= 0.6 is 15.9 Å². The third-order valence-corrected chi connectivity index (χ3v) is 4.04. The van der Waals surface area contributed by atoms with Gasteiger partial charge in [-0.1, -0.05) is 15.9 Å². The molecule has 4 nitrogen and oxygen atoms in total. The molecule has 0 aromatic carbocycles. The molecular formula is C11H21BrN2O2. The van der Waals surface area contributed by atoms with Crippen LogP contribution in [0, 0.1) is 5.92 Å². The maximum absolute atomic E-state index is 11.2. The normalized spacial score (nSPS) is 28.0. The first kappa shape index (κ1) is 13.9. The average molecular weight is 293 g/mol. The van der Waals surface area contributed by atoms with Crippen molar-refractivity contribution in [3.63, 3.8) is 0 Å². The molecule has 2 N–H and O–H groups in total. The molecule has 0 unspecified atom stereocenters. The summed E-state index contributed by atoms with van der Waals surface area (Å²) < 4.78 is 0. The van der Waals surface area contributed by atoms with E-state index in [9.17, 15) is 10.0 Å². The summed E-state index contributed by atoms with van der Waals surface area (Å²) in [5.41, 5.74) is -0.531. The molecule has 0 radical (unpaired) electrons. The van der Waals surface area contributed by atoms with Gasteiger partial charge in [-0.15, -0.1) is 0 Å². The maximum Gasteiger partial charge on any atom is 0.230 e. The summed E-state index contributed by atoms with van der Waals surface area (Å²) in [6.07, 6.45) is 0.874. The first-order chi connectivity index (χ1) is 7.21. The molecule has 1 saturated heterocycles. The fourth-order valence-electron chi connectivity index (χ4n) is 2.50. The van der Waals surface area contributed by atoms with Crippen molar-refractivity contribution in [3.05, 3.63) is 0 Å². The zero-order chi connectivity index (χ0) is 12.6. The lowest BCUT2D eigenvalue weighted by atomic mass is 9.87. The minimum atomic E-state index is -0.302. The highest BCUT2D eigenvalue weighted by molar-refractivity contribution is 9.09. The second kappa shape index (κ2) is 4.63. The number of nitrogens with zero attached hydrogens (tertiary/aromatic N) is 1. The standard InChI is InChI=1S/C11H21BrN2O2/c1-10(2)5-8(7-13-9(15)6-12)11(3,4)14(10)16/h8,16H,5-7H2,1-4H3,(H,13,15)/t8-/m0/s1. The van der Waals surface area contributed by atoms with Gasteiger partial charge in [0.25, 0.3) is 0 Å². The molecule has 1 aliphatic rings. The van der Waals surface area contributed by atoms with Crippen molar-refractivity contribution in [3.8, 4) is 0 Å². The largest absolute Gasteiger partial charge is 0.355 e. The Morgan fingerprint density at radius 2 is 2.06 bits per heavy atom. The van der Waals surface area contributed by atoms with Crippen LogP contribution in [0.25, 0.3) is 0 Å². The number of carbonyl (C=O) groups is 1. The summed E-state index contributed by atoms with van der Waals surface area (Å²) in [4.78, 5) is 11.2. The van der Waals surface area contributed by atoms with E-state index in [-0.39, 0.29) is 22.9 Å². The number of nitrogens with one attached hydrogen (secondary N) is 1. The number of hydrogen-bond acceptors (Lipinski definition) is 3. The third kappa shape index (κ3) is 2.57. The first-order valence-electron chi connectivity index (χ1n) is 5.53. The van der Waals surface area contributed by atoms with Crippen LogP contribution in [0.1, 0.15) is 34.1 Å². The predicted octanol–water partition coefficient (Wildman–Crippen LogP) is 1.77. The van der Waals surface area contributed by atoms with Crippen molar-refractivity contribution >= 4 is 21.8 Å². The first-order valence-corrected chi connectivity index (χ1v) is 6.66. The lowest BCUT2D eigenvalue weighted by Crippen LogP contribution is -2.48. The second-order valence-electron chi connectivity index (χ2n) is 5.62. The van der Waals surface area contributed by atoms with Gasteiger partial charge in [0.05, 0.1) is 5.33 Å². The molecule has 0 bridgehead atoms. The fourth-order valence-corrected chi connectivity index (χ4v) is 2.70. The topological polar surface area (TPSA) is 52.6 Å². The van der Waals surface area contributed by atoms with Gasteiger partial charge in [0.2, 0.25) is 5.91 Å². The number of halogens is 1. The summed E-state index contributed by atoms with van der Waals surface area (Å²) >= 11 is 3.12. The average Bonchev–Trinajstić information content (AvgIpc) is 2.35. The zero-order valence-corrected chi connectivity index (χ0v) is 12.0. The molecule has 0 aliphatic carbocycles. The van der Waals surface area contributed by atoms with Gasteiger partial charge in [0.15, 0.2) is 0 Å². The lowest BCUT2D eigenvalue weighted by Gasteiger charge is -2.36. The Balaban J connectivity index is 2.65. The van der Waals surface area contributed by atoms with Gasteiger partial charge in [-0.25, -0.2) is 0 Å². The number of carbonyl (C=O) groups excluding carboxylic acids is 1. The van der Waals surface area contributed by atoms with Crippen molar-refractivity contribution in [2.75, 3.05) is 11.9 Å². The van der Waals surface area contributed by atoms with E-state index in [2.05, 4.69) is 21.2 Å². The molecule has 5 heteroatoms. The molecule has 1 atom stereocenters. The van der Waals surface area contributed by atoms with Crippen molar-refractivity contribution in [1.29, 1.82) is 0 Å². The molecule has 0 aromatic heterocycles. The van der Waals surface area contributed by atoms with E-state index in [0.29, 0.717) is 11.9 Å². The second-order valence-corrected chi connectivity index (χ2v) is 6.18. The minimum Gasteiger partial charge on any atom is -0.355 e. The van der Waals surface area contributed by atoms with Gasteiger partial charge >= 0.3 is 0 Å². The van der Waals surface area contributed by atoms with Crippen LogP contribution in [0.5, 0.6) is 0 Å². The van der Waals surface area contributed by atoms with Gasteiger partial charge in [-0.3, -0.25) is 4.79 Å². The summed E-state index contributed by atoms with van der Waals surface area (Å²) in [5.74, 6) is 0.250. The van der Waals surface area contributed by atoms with E-state index >= 15 is 0 Å². The molecule has 16 heavy (non-hydrogen) atoms. The molecule has 1 amide bonds. The van der Waals surface area contributed by atoms with Crippen LogP contribution in [0.15, 0.2) is 0 Å². The van der Waals surface area contributed by atoms with Gasteiger partial charge < -0.3 is 10.5 Å².